The number of aliphatic hydroxyl groups is 1. The average Bonchev–Trinajstić information content (AvgIpc) is 3.44. The van der Waals surface area contributed by atoms with Crippen molar-refractivity contribution in [2.24, 2.45) is 0 Å². The summed E-state index contributed by atoms with van der Waals surface area (Å²) < 4.78 is 50.4. The Morgan fingerprint density at radius 3 is 1.52 bits per heavy atom. The van der Waals surface area contributed by atoms with E-state index in [0.29, 0.717) is 0 Å². The Morgan fingerprint density at radius 2 is 1.13 bits per heavy atom. The van der Waals surface area contributed by atoms with Gasteiger partial charge in [0.15, 0.2) is 6.23 Å². The Hall–Kier alpha value is -4.31. The number of alkyl halides is 2. The molecule has 0 aliphatic carbocycles. The molecule has 12 heteroatoms. The molecule has 54 heavy (non-hydrogen) atoms. The van der Waals surface area contributed by atoms with Crippen LogP contribution in [0.15, 0.2) is 137 Å². The van der Waals surface area contributed by atoms with E-state index >= 15 is 0 Å². The fraction of sp³-hybridized carbons (Fsp3) is 0.333. The minimum Gasteiger partial charge on any atom is -0.405 e. The molecule has 0 amide bonds. The molecule has 0 unspecified atom stereocenters. The number of hydrogen-bond donors (Lipinski definition) is 2. The fourth-order valence-corrected chi connectivity index (χ4v) is 17.2. The maximum absolute atomic E-state index is 14.2. The van der Waals surface area contributed by atoms with Crippen LogP contribution >= 0.6 is 0 Å². The summed E-state index contributed by atoms with van der Waals surface area (Å²) in [6, 6.07) is 39.5. The standard InChI is InChI=1S/C42H48F2N2O6Si2/c1-41(2,3)53(29-19-11-7-12-20-29,30-21-13-8-14-22-30)50-28-34-35(47)36(39(51-34)46-27-33(37(43)44)38(48)45-40(46)49)52-54(42(4,5)6,31-23-15-9-16-24-31)32-25-17-10-18-26-32/h7-27,34-37,39,47H,28H2,1-6H3,(H,45,48,49)/t34-,35-,36+,39-/m1/s1. The van der Waals surface area contributed by atoms with Gasteiger partial charge < -0.3 is 18.7 Å². The van der Waals surface area contributed by atoms with Crippen LogP contribution < -0.4 is 32.0 Å². The normalized spacial score (nSPS) is 19.7. The molecule has 8 nitrogen and oxygen atoms in total. The molecule has 2 heterocycles. The second-order valence-electron chi connectivity index (χ2n) is 15.8. The van der Waals surface area contributed by atoms with Crippen LogP contribution in [-0.4, -0.2) is 56.2 Å². The van der Waals surface area contributed by atoms with Gasteiger partial charge in [0.1, 0.15) is 18.3 Å². The van der Waals surface area contributed by atoms with Crippen LogP contribution in [0.4, 0.5) is 8.78 Å². The Labute approximate surface area is 316 Å². The topological polar surface area (TPSA) is 103 Å². The van der Waals surface area contributed by atoms with E-state index in [1.165, 1.54) is 0 Å². The molecular formula is C42H48F2N2O6Si2. The molecule has 4 aromatic carbocycles. The zero-order valence-electron chi connectivity index (χ0n) is 31.4. The van der Waals surface area contributed by atoms with Gasteiger partial charge in [-0.2, -0.15) is 0 Å². The zero-order valence-corrected chi connectivity index (χ0v) is 33.4. The summed E-state index contributed by atoms with van der Waals surface area (Å²) in [5.74, 6) is 0. The van der Waals surface area contributed by atoms with E-state index in [4.69, 9.17) is 13.6 Å². The fourth-order valence-electron chi connectivity index (χ4n) is 7.92. The molecule has 1 aromatic heterocycles. The Bertz CT molecular complexity index is 2040. The van der Waals surface area contributed by atoms with Crippen molar-refractivity contribution in [2.75, 3.05) is 6.61 Å². The number of H-pyrrole nitrogens is 1. The predicted molar refractivity (Wildman–Crippen MR) is 212 cm³/mol. The first-order valence-electron chi connectivity index (χ1n) is 18.1. The molecule has 0 bridgehead atoms. The molecule has 4 atom stereocenters. The number of nitrogens with one attached hydrogen (secondary N) is 1. The summed E-state index contributed by atoms with van der Waals surface area (Å²) in [7, 11) is -6.56. The summed E-state index contributed by atoms with van der Waals surface area (Å²) >= 11 is 0. The summed E-state index contributed by atoms with van der Waals surface area (Å²) in [4.78, 5) is 28.0. The molecule has 1 aliphatic rings. The van der Waals surface area contributed by atoms with Crippen LogP contribution in [0.3, 0.4) is 0 Å². The molecule has 6 rings (SSSR count). The molecule has 1 fully saturated rings. The van der Waals surface area contributed by atoms with Crippen molar-refractivity contribution in [1.82, 2.24) is 9.55 Å². The van der Waals surface area contributed by atoms with E-state index in [9.17, 15) is 23.5 Å². The number of nitrogens with zero attached hydrogens (tertiary/aromatic N) is 1. The van der Waals surface area contributed by atoms with E-state index in [0.717, 1.165) is 31.5 Å². The highest BCUT2D eigenvalue weighted by atomic mass is 28.4. The lowest BCUT2D eigenvalue weighted by Crippen LogP contribution is -2.69. The Morgan fingerprint density at radius 1 is 0.722 bits per heavy atom. The highest BCUT2D eigenvalue weighted by Gasteiger charge is 2.58. The van der Waals surface area contributed by atoms with Crippen LogP contribution in [0.1, 0.15) is 59.8 Å². The lowest BCUT2D eigenvalue weighted by atomic mass is 10.1. The van der Waals surface area contributed by atoms with Crippen molar-refractivity contribution in [3.8, 4) is 0 Å². The highest BCUT2D eigenvalue weighted by Crippen LogP contribution is 2.43. The van der Waals surface area contributed by atoms with Gasteiger partial charge in [-0.1, -0.05) is 163 Å². The maximum Gasteiger partial charge on any atom is 0.330 e. The lowest BCUT2D eigenvalue weighted by Gasteiger charge is -2.45. The van der Waals surface area contributed by atoms with E-state index < -0.39 is 74.5 Å². The highest BCUT2D eigenvalue weighted by molar-refractivity contribution is 7.00. The minimum absolute atomic E-state index is 0.106. The third kappa shape index (κ3) is 7.14. The van der Waals surface area contributed by atoms with E-state index in [-0.39, 0.29) is 6.61 Å². The maximum atomic E-state index is 14.2. The van der Waals surface area contributed by atoms with Crippen LogP contribution in [0.25, 0.3) is 0 Å². The number of benzene rings is 4. The quantitative estimate of drug-likeness (QED) is 0.178. The zero-order chi connectivity index (χ0) is 38.9. The number of ether oxygens (including phenoxy) is 1. The number of halogens is 2. The molecule has 0 saturated carbocycles. The van der Waals surface area contributed by atoms with Gasteiger partial charge in [-0.05, 0) is 30.8 Å². The van der Waals surface area contributed by atoms with Gasteiger partial charge in [0, 0.05) is 6.20 Å². The van der Waals surface area contributed by atoms with Gasteiger partial charge in [0.05, 0.1) is 12.2 Å². The first-order valence-corrected chi connectivity index (χ1v) is 21.9. The SMILES string of the molecule is CC(C)(C)[Si](OC[C@H]1O[C@@H](n2cc(C(F)F)c(=O)[nH]c2=O)[C@@H](O[Si](c2ccccc2)(c2ccccc2)C(C)(C)C)[C@@H]1O)(c1ccccc1)c1ccccc1. The van der Waals surface area contributed by atoms with Crippen molar-refractivity contribution in [2.45, 2.75) is 82.6 Å². The Kier molecular flexibility index (Phi) is 11.3. The first-order chi connectivity index (χ1) is 25.6. The molecule has 0 spiro atoms. The largest absolute Gasteiger partial charge is 0.405 e. The summed E-state index contributed by atoms with van der Waals surface area (Å²) in [5.41, 5.74) is -3.06. The number of rotatable bonds is 11. The van der Waals surface area contributed by atoms with Gasteiger partial charge in [-0.3, -0.25) is 14.3 Å². The lowest BCUT2D eigenvalue weighted by molar-refractivity contribution is -0.0510. The third-order valence-corrected chi connectivity index (χ3v) is 20.5. The Balaban J connectivity index is 1.51. The summed E-state index contributed by atoms with van der Waals surface area (Å²) in [5, 5.41) is 15.3. The monoisotopic (exact) mass is 770 g/mol. The van der Waals surface area contributed by atoms with Crippen molar-refractivity contribution in [3.63, 3.8) is 0 Å². The van der Waals surface area contributed by atoms with E-state index in [1.54, 1.807) is 0 Å². The molecular weight excluding hydrogens is 723 g/mol. The summed E-state index contributed by atoms with van der Waals surface area (Å²) in [6.07, 6.45) is -7.46. The van der Waals surface area contributed by atoms with Gasteiger partial charge in [-0.15, -0.1) is 0 Å². The van der Waals surface area contributed by atoms with Crippen molar-refractivity contribution in [1.29, 1.82) is 0 Å². The van der Waals surface area contributed by atoms with Crippen LogP contribution in [0.5, 0.6) is 0 Å². The van der Waals surface area contributed by atoms with Crippen molar-refractivity contribution < 1.29 is 27.5 Å². The van der Waals surface area contributed by atoms with Gasteiger partial charge in [-0.25, -0.2) is 13.6 Å². The third-order valence-electron chi connectivity index (χ3n) is 10.4. The van der Waals surface area contributed by atoms with E-state index in [1.807, 2.05) is 102 Å². The predicted octanol–water partition coefficient (Wildman–Crippen LogP) is 5.25. The molecule has 2 N–H and O–H groups in total. The van der Waals surface area contributed by atoms with Crippen LogP contribution in [0, 0.1) is 0 Å². The molecule has 1 aliphatic heterocycles. The first kappa shape index (κ1) is 39.4. The smallest absolute Gasteiger partial charge is 0.330 e. The van der Waals surface area contributed by atoms with E-state index in [2.05, 4.69) is 65.8 Å². The molecule has 284 valence electrons. The van der Waals surface area contributed by atoms with Crippen molar-refractivity contribution in [3.05, 3.63) is 154 Å². The number of aromatic nitrogens is 2. The van der Waals surface area contributed by atoms with Gasteiger partial charge in [0.2, 0.25) is 0 Å². The minimum atomic E-state index is -3.43. The molecule has 1 saturated heterocycles. The molecule has 0 radical (unpaired) electrons. The van der Waals surface area contributed by atoms with Crippen LogP contribution in [0.2, 0.25) is 10.1 Å². The van der Waals surface area contributed by atoms with Crippen LogP contribution in [-0.2, 0) is 13.6 Å². The second-order valence-corrected chi connectivity index (χ2v) is 24.4. The number of aromatic amines is 1. The van der Waals surface area contributed by atoms with Crippen molar-refractivity contribution >= 4 is 37.4 Å². The van der Waals surface area contributed by atoms with Gasteiger partial charge in [0.25, 0.3) is 28.6 Å². The number of aliphatic hydroxyl groups excluding tert-OH is 1. The average molecular weight is 771 g/mol. The molecule has 5 aromatic rings. The summed E-state index contributed by atoms with van der Waals surface area (Å²) in [6.45, 7) is 12.5. The van der Waals surface area contributed by atoms with Gasteiger partial charge >= 0.3 is 5.69 Å². The number of hydrogen-bond acceptors (Lipinski definition) is 6. The second kappa shape index (κ2) is 15.4.